The standard InChI is InChI=1S/C7H5ClFN5/c8-5-2-1-4(3-6(5)9)10-7-11-13-14-12-7/h1-3H,(H2,10,11,12,13,14). The summed E-state index contributed by atoms with van der Waals surface area (Å²) in [4.78, 5) is 0. The van der Waals surface area contributed by atoms with Gasteiger partial charge in [-0.1, -0.05) is 16.7 Å². The largest absolute Gasteiger partial charge is 0.321 e. The Bertz CT molecular complexity index is 430. The summed E-state index contributed by atoms with van der Waals surface area (Å²) in [5.41, 5.74) is 0.508. The number of H-pyrrole nitrogens is 1. The maximum atomic E-state index is 13.0. The minimum atomic E-state index is -0.500. The predicted molar refractivity (Wildman–Crippen MR) is 48.9 cm³/mol. The van der Waals surface area contributed by atoms with E-state index >= 15 is 0 Å². The predicted octanol–water partition coefficient (Wildman–Crippen LogP) is 1.74. The van der Waals surface area contributed by atoms with Crippen molar-refractivity contribution in [1.82, 2.24) is 20.6 Å². The molecule has 1 aromatic heterocycles. The molecule has 1 aromatic carbocycles. The van der Waals surface area contributed by atoms with E-state index in [0.29, 0.717) is 5.69 Å². The summed E-state index contributed by atoms with van der Waals surface area (Å²) >= 11 is 5.51. The molecular formula is C7H5ClFN5. The SMILES string of the molecule is Fc1cc(Nc2nn[nH]n2)ccc1Cl. The molecule has 5 nitrogen and oxygen atoms in total. The van der Waals surface area contributed by atoms with Gasteiger partial charge in [-0.2, -0.15) is 5.21 Å². The normalized spacial score (nSPS) is 10.1. The lowest BCUT2D eigenvalue weighted by atomic mass is 10.3. The van der Waals surface area contributed by atoms with Crippen molar-refractivity contribution in [1.29, 1.82) is 0 Å². The van der Waals surface area contributed by atoms with Crippen LogP contribution in [-0.4, -0.2) is 20.6 Å². The molecule has 72 valence electrons. The molecule has 0 amide bonds. The summed E-state index contributed by atoms with van der Waals surface area (Å²) in [5, 5.41) is 15.7. The van der Waals surface area contributed by atoms with Gasteiger partial charge in [-0.05, 0) is 23.4 Å². The van der Waals surface area contributed by atoms with Crippen molar-refractivity contribution in [3.8, 4) is 0 Å². The van der Waals surface area contributed by atoms with Gasteiger partial charge in [0, 0.05) is 5.69 Å². The number of anilines is 2. The third-order valence-electron chi connectivity index (χ3n) is 1.52. The summed E-state index contributed by atoms with van der Waals surface area (Å²) in [6.45, 7) is 0. The Balaban J connectivity index is 2.22. The maximum Gasteiger partial charge on any atom is 0.267 e. The number of hydrogen-bond acceptors (Lipinski definition) is 4. The third-order valence-corrected chi connectivity index (χ3v) is 1.83. The van der Waals surface area contributed by atoms with Crippen LogP contribution in [0, 0.1) is 5.82 Å². The van der Waals surface area contributed by atoms with E-state index in [0.717, 1.165) is 0 Å². The Kier molecular flexibility index (Phi) is 2.28. The highest BCUT2D eigenvalue weighted by molar-refractivity contribution is 6.30. The molecule has 0 aliphatic heterocycles. The quantitative estimate of drug-likeness (QED) is 0.798. The highest BCUT2D eigenvalue weighted by atomic mass is 35.5. The number of tetrazole rings is 1. The molecule has 0 aliphatic rings. The molecule has 0 fully saturated rings. The minimum absolute atomic E-state index is 0.0728. The second-order valence-electron chi connectivity index (χ2n) is 2.49. The Hall–Kier alpha value is -1.69. The molecular weight excluding hydrogens is 209 g/mol. The summed E-state index contributed by atoms with van der Waals surface area (Å²) < 4.78 is 13.0. The van der Waals surface area contributed by atoms with E-state index < -0.39 is 5.82 Å². The molecule has 0 aliphatic carbocycles. The molecule has 0 radical (unpaired) electrons. The van der Waals surface area contributed by atoms with Gasteiger partial charge in [-0.15, -0.1) is 5.10 Å². The first-order valence-electron chi connectivity index (χ1n) is 3.71. The van der Waals surface area contributed by atoms with Crippen molar-refractivity contribution < 1.29 is 4.39 Å². The van der Waals surface area contributed by atoms with Gasteiger partial charge in [0.25, 0.3) is 5.95 Å². The van der Waals surface area contributed by atoms with Crippen LogP contribution in [-0.2, 0) is 0 Å². The molecule has 0 bridgehead atoms. The second kappa shape index (κ2) is 3.59. The first kappa shape index (κ1) is 8.89. The molecule has 7 heteroatoms. The van der Waals surface area contributed by atoms with Crippen LogP contribution >= 0.6 is 11.6 Å². The van der Waals surface area contributed by atoms with Crippen LogP contribution in [0.5, 0.6) is 0 Å². The van der Waals surface area contributed by atoms with E-state index in [9.17, 15) is 4.39 Å². The van der Waals surface area contributed by atoms with Gasteiger partial charge in [-0.25, -0.2) is 4.39 Å². The molecule has 14 heavy (non-hydrogen) atoms. The van der Waals surface area contributed by atoms with Crippen molar-refractivity contribution in [2.24, 2.45) is 0 Å². The van der Waals surface area contributed by atoms with E-state index in [-0.39, 0.29) is 11.0 Å². The molecule has 0 unspecified atom stereocenters. The molecule has 2 N–H and O–H groups in total. The Labute approximate surface area is 83.3 Å². The lowest BCUT2D eigenvalue weighted by Crippen LogP contribution is -1.93. The first-order chi connectivity index (χ1) is 6.75. The van der Waals surface area contributed by atoms with E-state index in [1.54, 1.807) is 6.07 Å². The fraction of sp³-hybridized carbons (Fsp3) is 0. The van der Waals surface area contributed by atoms with Gasteiger partial charge in [0.05, 0.1) is 5.02 Å². The number of nitrogens with one attached hydrogen (secondary N) is 2. The lowest BCUT2D eigenvalue weighted by Gasteiger charge is -2.01. The number of rotatable bonds is 2. The average molecular weight is 214 g/mol. The van der Waals surface area contributed by atoms with Crippen LogP contribution in [0.4, 0.5) is 16.0 Å². The third kappa shape index (κ3) is 1.80. The average Bonchev–Trinajstić information content (AvgIpc) is 2.64. The molecule has 2 aromatic rings. The molecule has 0 spiro atoms. The molecule has 0 saturated heterocycles. The van der Waals surface area contributed by atoms with Crippen molar-refractivity contribution in [3.63, 3.8) is 0 Å². The second-order valence-corrected chi connectivity index (χ2v) is 2.90. The van der Waals surface area contributed by atoms with Gasteiger partial charge in [0.2, 0.25) is 0 Å². The number of hydrogen-bond donors (Lipinski definition) is 2. The van der Waals surface area contributed by atoms with Crippen molar-refractivity contribution in [2.45, 2.75) is 0 Å². The van der Waals surface area contributed by atoms with E-state index in [4.69, 9.17) is 11.6 Å². The van der Waals surface area contributed by atoms with Gasteiger partial charge in [0.1, 0.15) is 5.82 Å². The molecule has 0 saturated carbocycles. The van der Waals surface area contributed by atoms with Crippen LogP contribution in [0.3, 0.4) is 0 Å². The lowest BCUT2D eigenvalue weighted by molar-refractivity contribution is 0.629. The van der Waals surface area contributed by atoms with Crippen LogP contribution in [0.25, 0.3) is 0 Å². The first-order valence-corrected chi connectivity index (χ1v) is 4.09. The van der Waals surface area contributed by atoms with Gasteiger partial charge in [-0.3, -0.25) is 0 Å². The van der Waals surface area contributed by atoms with Crippen LogP contribution in [0.1, 0.15) is 0 Å². The number of nitrogens with zero attached hydrogens (tertiary/aromatic N) is 3. The van der Waals surface area contributed by atoms with E-state index in [1.165, 1.54) is 12.1 Å². The summed E-state index contributed by atoms with van der Waals surface area (Å²) in [5.74, 6) is -0.230. The Morgan fingerprint density at radius 1 is 1.43 bits per heavy atom. The molecule has 0 atom stereocenters. The van der Waals surface area contributed by atoms with Crippen LogP contribution < -0.4 is 5.32 Å². The fourth-order valence-corrected chi connectivity index (χ4v) is 1.04. The summed E-state index contributed by atoms with van der Waals surface area (Å²) in [6, 6.07) is 4.31. The zero-order valence-electron chi connectivity index (χ0n) is 6.83. The Morgan fingerprint density at radius 3 is 2.93 bits per heavy atom. The smallest absolute Gasteiger partial charge is 0.267 e. The molecule has 1 heterocycles. The highest BCUT2D eigenvalue weighted by Crippen LogP contribution is 2.19. The fourth-order valence-electron chi connectivity index (χ4n) is 0.918. The zero-order valence-corrected chi connectivity index (χ0v) is 7.59. The monoisotopic (exact) mass is 213 g/mol. The van der Waals surface area contributed by atoms with E-state index in [1.807, 2.05) is 0 Å². The topological polar surface area (TPSA) is 66.5 Å². The number of benzene rings is 1. The van der Waals surface area contributed by atoms with Gasteiger partial charge >= 0.3 is 0 Å². The Morgan fingerprint density at radius 2 is 2.29 bits per heavy atom. The number of halogens is 2. The molecule has 2 rings (SSSR count). The highest BCUT2D eigenvalue weighted by Gasteiger charge is 2.02. The van der Waals surface area contributed by atoms with Crippen molar-refractivity contribution in [2.75, 3.05) is 5.32 Å². The zero-order chi connectivity index (χ0) is 9.97. The van der Waals surface area contributed by atoms with Gasteiger partial charge in [0.15, 0.2) is 0 Å². The van der Waals surface area contributed by atoms with Crippen LogP contribution in [0.2, 0.25) is 5.02 Å². The van der Waals surface area contributed by atoms with Gasteiger partial charge < -0.3 is 5.32 Å². The maximum absolute atomic E-state index is 13.0. The van der Waals surface area contributed by atoms with E-state index in [2.05, 4.69) is 25.9 Å². The minimum Gasteiger partial charge on any atom is -0.321 e. The summed E-state index contributed by atoms with van der Waals surface area (Å²) in [6.07, 6.45) is 0. The van der Waals surface area contributed by atoms with Crippen LogP contribution in [0.15, 0.2) is 18.2 Å². The van der Waals surface area contributed by atoms with Crippen molar-refractivity contribution >= 4 is 23.2 Å². The summed E-state index contributed by atoms with van der Waals surface area (Å²) in [7, 11) is 0. The number of aromatic amines is 1. The number of aromatic nitrogens is 4. The van der Waals surface area contributed by atoms with Crippen molar-refractivity contribution in [3.05, 3.63) is 29.0 Å².